The Balaban J connectivity index is 1.96. The number of anilines is 2. The van der Waals surface area contributed by atoms with Crippen LogP contribution in [0.3, 0.4) is 0 Å². The van der Waals surface area contributed by atoms with Crippen LogP contribution >= 0.6 is 0 Å². The lowest BCUT2D eigenvalue weighted by Crippen LogP contribution is -2.15. The second kappa shape index (κ2) is 6.12. The molecule has 0 unspecified atom stereocenters. The molecule has 0 bridgehead atoms. The van der Waals surface area contributed by atoms with Crippen molar-refractivity contribution in [3.8, 4) is 5.75 Å². The highest BCUT2D eigenvalue weighted by atomic mass is 16.5. The maximum atomic E-state index is 5.39. The SMILES string of the molecule is COc1ccccc1CNc1nc(N(C)C)nc2c1cnn2C. The fraction of sp³-hybridized carbons (Fsp3) is 0.312. The Kier molecular flexibility index (Phi) is 4.01. The molecule has 0 radical (unpaired) electrons. The Bertz CT molecular complexity index is 827. The van der Waals surface area contributed by atoms with Crippen molar-refractivity contribution in [2.75, 3.05) is 31.4 Å². The summed E-state index contributed by atoms with van der Waals surface area (Å²) in [5.41, 5.74) is 1.86. The first-order valence-electron chi connectivity index (χ1n) is 7.33. The van der Waals surface area contributed by atoms with Crippen LogP contribution in [0, 0.1) is 0 Å². The van der Waals surface area contributed by atoms with Crippen molar-refractivity contribution in [1.82, 2.24) is 19.7 Å². The number of aromatic nitrogens is 4. The molecule has 3 aromatic rings. The molecule has 1 N–H and O–H groups in total. The van der Waals surface area contributed by atoms with Crippen molar-refractivity contribution >= 4 is 22.8 Å². The first-order valence-corrected chi connectivity index (χ1v) is 7.33. The maximum Gasteiger partial charge on any atom is 0.228 e. The predicted octanol–water partition coefficient (Wildman–Crippen LogP) is 2.05. The van der Waals surface area contributed by atoms with Crippen LogP contribution < -0.4 is 15.0 Å². The summed E-state index contributed by atoms with van der Waals surface area (Å²) >= 11 is 0. The minimum absolute atomic E-state index is 0.609. The molecule has 3 rings (SSSR count). The zero-order valence-electron chi connectivity index (χ0n) is 13.7. The summed E-state index contributed by atoms with van der Waals surface area (Å²) in [6.07, 6.45) is 1.78. The van der Waals surface area contributed by atoms with E-state index in [-0.39, 0.29) is 0 Å². The molecular formula is C16H20N6O. The Morgan fingerprint density at radius 3 is 2.74 bits per heavy atom. The van der Waals surface area contributed by atoms with Gasteiger partial charge in [-0.2, -0.15) is 15.1 Å². The fourth-order valence-corrected chi connectivity index (χ4v) is 2.37. The van der Waals surface area contributed by atoms with Crippen molar-refractivity contribution in [1.29, 1.82) is 0 Å². The number of aryl methyl sites for hydroxylation is 1. The van der Waals surface area contributed by atoms with E-state index in [2.05, 4.69) is 20.4 Å². The second-order valence-electron chi connectivity index (χ2n) is 5.44. The summed E-state index contributed by atoms with van der Waals surface area (Å²) in [6, 6.07) is 7.92. The molecule has 7 nitrogen and oxygen atoms in total. The van der Waals surface area contributed by atoms with E-state index in [9.17, 15) is 0 Å². The van der Waals surface area contributed by atoms with Gasteiger partial charge in [0.05, 0.1) is 18.7 Å². The summed E-state index contributed by atoms with van der Waals surface area (Å²) < 4.78 is 7.14. The van der Waals surface area contributed by atoms with E-state index in [4.69, 9.17) is 4.74 Å². The summed E-state index contributed by atoms with van der Waals surface area (Å²) in [4.78, 5) is 11.0. The molecule has 0 aliphatic heterocycles. The van der Waals surface area contributed by atoms with Crippen LogP contribution in [0.25, 0.3) is 11.0 Å². The van der Waals surface area contributed by atoms with Crippen molar-refractivity contribution in [3.63, 3.8) is 0 Å². The minimum Gasteiger partial charge on any atom is -0.496 e. The van der Waals surface area contributed by atoms with E-state index in [1.54, 1.807) is 18.0 Å². The third-order valence-electron chi connectivity index (χ3n) is 3.62. The summed E-state index contributed by atoms with van der Waals surface area (Å²) in [6.45, 7) is 0.609. The number of benzene rings is 1. The Hall–Kier alpha value is -2.83. The Morgan fingerprint density at radius 2 is 2.00 bits per heavy atom. The third-order valence-corrected chi connectivity index (χ3v) is 3.62. The molecule has 0 amide bonds. The highest BCUT2D eigenvalue weighted by molar-refractivity contribution is 5.87. The van der Waals surface area contributed by atoms with Crippen molar-refractivity contribution in [3.05, 3.63) is 36.0 Å². The summed E-state index contributed by atoms with van der Waals surface area (Å²) in [5, 5.41) is 8.55. The molecule has 23 heavy (non-hydrogen) atoms. The lowest BCUT2D eigenvalue weighted by molar-refractivity contribution is 0.410. The van der Waals surface area contributed by atoms with Gasteiger partial charge in [0.2, 0.25) is 5.95 Å². The van der Waals surface area contributed by atoms with Crippen LogP contribution in [0.1, 0.15) is 5.56 Å². The van der Waals surface area contributed by atoms with Gasteiger partial charge in [-0.1, -0.05) is 18.2 Å². The molecule has 1 aromatic carbocycles. The van der Waals surface area contributed by atoms with E-state index < -0.39 is 0 Å². The van der Waals surface area contributed by atoms with E-state index in [0.717, 1.165) is 28.2 Å². The number of ether oxygens (including phenoxy) is 1. The highest BCUT2D eigenvalue weighted by Gasteiger charge is 2.13. The molecule has 2 heterocycles. The maximum absolute atomic E-state index is 5.39. The zero-order chi connectivity index (χ0) is 16.4. The predicted molar refractivity (Wildman–Crippen MR) is 91.0 cm³/mol. The lowest BCUT2D eigenvalue weighted by Gasteiger charge is -2.14. The van der Waals surface area contributed by atoms with Crippen LogP contribution in [0.5, 0.6) is 5.75 Å². The molecule has 0 aliphatic rings. The molecule has 0 aliphatic carbocycles. The van der Waals surface area contributed by atoms with Gasteiger partial charge in [-0.3, -0.25) is 4.68 Å². The number of nitrogens with one attached hydrogen (secondary N) is 1. The van der Waals surface area contributed by atoms with Crippen LogP contribution in [0.4, 0.5) is 11.8 Å². The topological polar surface area (TPSA) is 68.1 Å². The molecule has 0 saturated carbocycles. The normalized spacial score (nSPS) is 10.8. The van der Waals surface area contributed by atoms with Crippen LogP contribution in [0.15, 0.2) is 30.5 Å². The fourth-order valence-electron chi connectivity index (χ4n) is 2.37. The van der Waals surface area contributed by atoms with Crippen molar-refractivity contribution < 1.29 is 4.74 Å². The molecule has 0 saturated heterocycles. The van der Waals surface area contributed by atoms with E-state index >= 15 is 0 Å². The van der Waals surface area contributed by atoms with Crippen LogP contribution in [-0.2, 0) is 13.6 Å². The van der Waals surface area contributed by atoms with Gasteiger partial charge in [-0.15, -0.1) is 0 Å². The van der Waals surface area contributed by atoms with Gasteiger partial charge in [0.15, 0.2) is 5.65 Å². The number of methoxy groups -OCH3 is 1. The van der Waals surface area contributed by atoms with Crippen molar-refractivity contribution in [2.45, 2.75) is 6.54 Å². The first kappa shape index (κ1) is 15.1. The first-order chi connectivity index (χ1) is 11.1. The number of rotatable bonds is 5. The molecule has 0 atom stereocenters. The van der Waals surface area contributed by atoms with Gasteiger partial charge >= 0.3 is 0 Å². The second-order valence-corrected chi connectivity index (χ2v) is 5.44. The average Bonchev–Trinajstić information content (AvgIpc) is 2.94. The molecule has 0 spiro atoms. The van der Waals surface area contributed by atoms with Crippen LogP contribution in [-0.4, -0.2) is 41.0 Å². The number of hydrogen-bond donors (Lipinski definition) is 1. The molecule has 120 valence electrons. The van der Waals surface area contributed by atoms with Gasteiger partial charge in [-0.25, -0.2) is 0 Å². The average molecular weight is 312 g/mol. The Morgan fingerprint density at radius 1 is 1.22 bits per heavy atom. The van der Waals surface area contributed by atoms with E-state index in [1.165, 1.54) is 0 Å². The molecule has 2 aromatic heterocycles. The summed E-state index contributed by atoms with van der Waals surface area (Å²) in [5.74, 6) is 2.26. The van der Waals surface area contributed by atoms with Gasteiger partial charge in [0.1, 0.15) is 11.6 Å². The largest absolute Gasteiger partial charge is 0.496 e. The number of nitrogens with zero attached hydrogens (tertiary/aromatic N) is 5. The Labute approximate surface area is 134 Å². The molecular weight excluding hydrogens is 292 g/mol. The molecule has 0 fully saturated rings. The quantitative estimate of drug-likeness (QED) is 0.778. The highest BCUT2D eigenvalue weighted by Crippen LogP contribution is 2.24. The summed E-state index contributed by atoms with van der Waals surface area (Å²) in [7, 11) is 7.38. The third kappa shape index (κ3) is 2.90. The van der Waals surface area contributed by atoms with Crippen LogP contribution in [0.2, 0.25) is 0 Å². The number of fused-ring (bicyclic) bond motifs is 1. The molecule has 7 heteroatoms. The minimum atomic E-state index is 0.609. The smallest absolute Gasteiger partial charge is 0.228 e. The van der Waals surface area contributed by atoms with Crippen molar-refractivity contribution in [2.24, 2.45) is 7.05 Å². The monoisotopic (exact) mass is 312 g/mol. The number of hydrogen-bond acceptors (Lipinski definition) is 6. The lowest BCUT2D eigenvalue weighted by atomic mass is 10.2. The van der Waals surface area contributed by atoms with Gasteiger partial charge in [0, 0.05) is 33.3 Å². The van der Waals surface area contributed by atoms with Gasteiger partial charge in [0.25, 0.3) is 0 Å². The van der Waals surface area contributed by atoms with E-state index in [1.807, 2.05) is 50.3 Å². The van der Waals surface area contributed by atoms with E-state index in [0.29, 0.717) is 12.5 Å². The van der Waals surface area contributed by atoms with Gasteiger partial charge in [-0.05, 0) is 6.07 Å². The zero-order valence-corrected chi connectivity index (χ0v) is 13.7. The standard InChI is InChI=1S/C16H20N6O/c1-21(2)16-19-14(12-10-18-22(3)15(12)20-16)17-9-11-7-5-6-8-13(11)23-4/h5-8,10H,9H2,1-4H3,(H,17,19,20). The van der Waals surface area contributed by atoms with Gasteiger partial charge < -0.3 is 15.0 Å². The number of para-hydroxylation sites is 1.